The molecular weight excluding hydrogens is 422 g/mol. The summed E-state index contributed by atoms with van der Waals surface area (Å²) in [5.41, 5.74) is -5.25. The van der Waals surface area contributed by atoms with Gasteiger partial charge in [0.25, 0.3) is 0 Å². The lowest BCUT2D eigenvalue weighted by Crippen LogP contribution is -2.11. The van der Waals surface area contributed by atoms with Gasteiger partial charge >= 0.3 is 23.6 Å². The van der Waals surface area contributed by atoms with Crippen LogP contribution in [0.1, 0.15) is 5.56 Å². The molecule has 1 heterocycles. The molecule has 144 valence electrons. The second kappa shape index (κ2) is 7.36. The van der Waals surface area contributed by atoms with Crippen molar-refractivity contribution < 1.29 is 27.8 Å². The van der Waals surface area contributed by atoms with Crippen molar-refractivity contribution in [3.05, 3.63) is 48.1 Å². The molecule has 1 aromatic carbocycles. The summed E-state index contributed by atoms with van der Waals surface area (Å²) in [5.74, 6) is -0.311. The maximum Gasteiger partial charge on any atom is 0.418 e. The highest BCUT2D eigenvalue weighted by Crippen LogP contribution is 2.48. The van der Waals surface area contributed by atoms with Gasteiger partial charge in [-0.1, -0.05) is 23.2 Å². The van der Waals surface area contributed by atoms with Crippen molar-refractivity contribution in [2.45, 2.75) is 6.18 Å². The molecule has 0 bridgehead atoms. The second-order valence-corrected chi connectivity index (χ2v) is 5.45. The van der Waals surface area contributed by atoms with Crippen molar-refractivity contribution in [2.75, 3.05) is 12.4 Å². The fourth-order valence-electron chi connectivity index (χ4n) is 1.96. The summed E-state index contributed by atoms with van der Waals surface area (Å²) < 4.78 is 43.9. The first-order valence-corrected chi connectivity index (χ1v) is 7.29. The van der Waals surface area contributed by atoms with Crippen LogP contribution in [0.15, 0.2) is 12.1 Å². The molecule has 27 heavy (non-hydrogen) atoms. The molecule has 1 aromatic heterocycles. The van der Waals surface area contributed by atoms with E-state index >= 15 is 0 Å². The average Bonchev–Trinajstić information content (AvgIpc) is 2.52. The smallest absolute Gasteiger partial charge is 0.418 e. The molecule has 0 amide bonds. The lowest BCUT2D eigenvalue weighted by Gasteiger charge is -2.13. The van der Waals surface area contributed by atoms with Crippen LogP contribution in [0.3, 0.4) is 0 Å². The van der Waals surface area contributed by atoms with Gasteiger partial charge in [-0.15, -0.1) is 0 Å². The monoisotopic (exact) mass is 427 g/mol. The van der Waals surface area contributed by atoms with E-state index in [1.807, 2.05) is 0 Å². The molecule has 1 N–H and O–H groups in total. The lowest BCUT2D eigenvalue weighted by atomic mass is 10.1. The van der Waals surface area contributed by atoms with Crippen LogP contribution in [-0.4, -0.2) is 26.9 Å². The maximum atomic E-state index is 13.0. The molecule has 0 saturated carbocycles. The molecule has 0 aliphatic carbocycles. The van der Waals surface area contributed by atoms with E-state index in [0.717, 1.165) is 6.07 Å². The largest absolute Gasteiger partial charge is 0.467 e. The number of nitro groups is 2. The third-order valence-corrected chi connectivity index (χ3v) is 3.59. The number of nitro benzene ring substituents is 2. The van der Waals surface area contributed by atoms with Gasteiger partial charge < -0.3 is 10.1 Å². The van der Waals surface area contributed by atoms with Crippen LogP contribution >= 0.6 is 23.2 Å². The molecule has 2 rings (SSSR count). The van der Waals surface area contributed by atoms with E-state index in [2.05, 4.69) is 15.3 Å². The number of aromatic nitrogens is 2. The van der Waals surface area contributed by atoms with E-state index in [9.17, 15) is 33.4 Å². The SMILES string of the molecule is COc1nc(Cl)cc(Nc2c([N+](=O)[O-])cc(C(F)(F)F)c(Cl)c2[N+](=O)[O-])n1. The standard InChI is InChI=1S/C12H6Cl2F3N5O5/c1-27-11-18-6(13)3-7(20-11)19-9-5(21(23)24)2-4(12(15,16)17)8(14)10(9)22(25)26/h2-3H,1H3,(H,18,19,20). The maximum absolute atomic E-state index is 13.0. The van der Waals surface area contributed by atoms with Crippen molar-refractivity contribution in [1.29, 1.82) is 0 Å². The highest BCUT2D eigenvalue weighted by Gasteiger charge is 2.42. The predicted octanol–water partition coefficient (Wildman–Crippen LogP) is 4.37. The average molecular weight is 428 g/mol. The number of nitrogens with one attached hydrogen (secondary N) is 1. The summed E-state index contributed by atoms with van der Waals surface area (Å²) in [7, 11) is 1.18. The Balaban J connectivity index is 2.78. The number of anilines is 2. The number of benzene rings is 1. The Morgan fingerprint density at radius 2 is 1.78 bits per heavy atom. The highest BCUT2D eigenvalue weighted by atomic mass is 35.5. The van der Waals surface area contributed by atoms with E-state index in [0.29, 0.717) is 0 Å². The molecule has 0 radical (unpaired) electrons. The number of methoxy groups -OCH3 is 1. The van der Waals surface area contributed by atoms with Crippen LogP contribution in [0.25, 0.3) is 0 Å². The molecule has 0 atom stereocenters. The Bertz CT molecular complexity index is 941. The van der Waals surface area contributed by atoms with Crippen molar-refractivity contribution in [3.8, 4) is 6.01 Å². The van der Waals surface area contributed by atoms with Gasteiger partial charge in [0.15, 0.2) is 5.69 Å². The van der Waals surface area contributed by atoms with Crippen LogP contribution in [0.5, 0.6) is 6.01 Å². The fraction of sp³-hybridized carbons (Fsp3) is 0.167. The van der Waals surface area contributed by atoms with Crippen LogP contribution in [-0.2, 0) is 6.18 Å². The Kier molecular flexibility index (Phi) is 5.56. The van der Waals surface area contributed by atoms with Crippen LogP contribution in [0.2, 0.25) is 10.2 Å². The Labute approximate surface area is 157 Å². The first kappa shape index (κ1) is 20.4. The van der Waals surface area contributed by atoms with Gasteiger partial charge in [-0.05, 0) is 0 Å². The van der Waals surface area contributed by atoms with E-state index in [1.165, 1.54) is 7.11 Å². The van der Waals surface area contributed by atoms with Crippen LogP contribution < -0.4 is 10.1 Å². The molecule has 10 nitrogen and oxygen atoms in total. The predicted molar refractivity (Wildman–Crippen MR) is 86.6 cm³/mol. The van der Waals surface area contributed by atoms with E-state index < -0.39 is 43.7 Å². The Hall–Kier alpha value is -2.93. The molecule has 0 fully saturated rings. The zero-order valence-corrected chi connectivity index (χ0v) is 14.4. The van der Waals surface area contributed by atoms with E-state index in [4.69, 9.17) is 27.9 Å². The van der Waals surface area contributed by atoms with Gasteiger partial charge in [-0.25, -0.2) is 0 Å². The first-order chi connectivity index (χ1) is 12.5. The Morgan fingerprint density at radius 1 is 1.15 bits per heavy atom. The lowest BCUT2D eigenvalue weighted by molar-refractivity contribution is -0.392. The number of nitrogens with zero attached hydrogens (tertiary/aromatic N) is 4. The zero-order chi connectivity index (χ0) is 20.5. The number of halogens is 5. The molecule has 0 spiro atoms. The normalized spacial score (nSPS) is 11.2. The zero-order valence-electron chi connectivity index (χ0n) is 12.9. The molecular formula is C12H6Cl2F3N5O5. The van der Waals surface area contributed by atoms with Gasteiger partial charge in [-0.2, -0.15) is 23.1 Å². The topological polar surface area (TPSA) is 133 Å². The third-order valence-electron chi connectivity index (χ3n) is 3.01. The second-order valence-electron chi connectivity index (χ2n) is 4.68. The minimum Gasteiger partial charge on any atom is -0.467 e. The number of ether oxygens (including phenoxy) is 1. The number of rotatable bonds is 5. The summed E-state index contributed by atoms with van der Waals surface area (Å²) in [6.07, 6.45) is -5.16. The number of hydrogen-bond donors (Lipinski definition) is 1. The van der Waals surface area contributed by atoms with Crippen LogP contribution in [0, 0.1) is 20.2 Å². The molecule has 15 heteroatoms. The molecule has 0 aliphatic rings. The van der Waals surface area contributed by atoms with Crippen molar-refractivity contribution in [3.63, 3.8) is 0 Å². The van der Waals surface area contributed by atoms with E-state index in [-0.39, 0.29) is 23.0 Å². The summed E-state index contributed by atoms with van der Waals surface area (Å²) >= 11 is 11.2. The van der Waals surface area contributed by atoms with E-state index in [1.54, 1.807) is 0 Å². The number of hydrogen-bond acceptors (Lipinski definition) is 8. The van der Waals surface area contributed by atoms with Gasteiger partial charge in [-0.3, -0.25) is 20.2 Å². The van der Waals surface area contributed by atoms with Gasteiger partial charge in [0.1, 0.15) is 16.0 Å². The summed E-state index contributed by atoms with van der Waals surface area (Å²) in [6, 6.07) is 0.800. The van der Waals surface area contributed by atoms with Crippen LogP contribution in [0.4, 0.5) is 36.1 Å². The van der Waals surface area contributed by atoms with Crippen molar-refractivity contribution in [2.24, 2.45) is 0 Å². The van der Waals surface area contributed by atoms with Gasteiger partial charge in [0.05, 0.1) is 22.5 Å². The molecule has 0 saturated heterocycles. The summed E-state index contributed by atoms with van der Waals surface area (Å²) in [5, 5.41) is 23.2. The first-order valence-electron chi connectivity index (χ1n) is 6.53. The van der Waals surface area contributed by atoms with Gasteiger partial charge in [0, 0.05) is 12.1 Å². The minimum atomic E-state index is -5.16. The summed E-state index contributed by atoms with van der Waals surface area (Å²) in [4.78, 5) is 27.3. The number of alkyl halides is 3. The Morgan fingerprint density at radius 3 is 2.26 bits per heavy atom. The minimum absolute atomic E-state index is 0.0810. The van der Waals surface area contributed by atoms with Crippen molar-refractivity contribution in [1.82, 2.24) is 9.97 Å². The highest BCUT2D eigenvalue weighted by molar-refractivity contribution is 6.34. The summed E-state index contributed by atoms with van der Waals surface area (Å²) in [6.45, 7) is 0. The van der Waals surface area contributed by atoms with Gasteiger partial charge in [0.2, 0.25) is 0 Å². The van der Waals surface area contributed by atoms with Crippen molar-refractivity contribution >= 4 is 46.1 Å². The fourth-order valence-corrected chi connectivity index (χ4v) is 2.46. The quantitative estimate of drug-likeness (QED) is 0.422. The molecule has 2 aromatic rings. The molecule has 0 aliphatic heterocycles. The molecule has 0 unspecified atom stereocenters. The third kappa shape index (κ3) is 4.25.